The van der Waals surface area contributed by atoms with Crippen molar-refractivity contribution >= 4 is 29.0 Å². The third-order valence-corrected chi connectivity index (χ3v) is 4.27. The fraction of sp³-hybridized carbons (Fsp3) is 0.200. The summed E-state index contributed by atoms with van der Waals surface area (Å²) in [5, 5.41) is 1.22. The van der Waals surface area contributed by atoms with E-state index in [-0.39, 0.29) is 5.69 Å². The topological polar surface area (TPSA) is 48.5 Å². The Hall–Kier alpha value is -1.92. The van der Waals surface area contributed by atoms with Crippen LogP contribution in [0.2, 0.25) is 5.02 Å². The second-order valence-electron chi connectivity index (χ2n) is 4.50. The maximum Gasteiger partial charge on any atom is 0.356 e. The summed E-state index contributed by atoms with van der Waals surface area (Å²) >= 11 is 7.52. The summed E-state index contributed by atoms with van der Waals surface area (Å²) in [6.45, 7) is 2.02. The number of fused-ring (bicyclic) bond motifs is 1. The lowest BCUT2D eigenvalue weighted by Crippen LogP contribution is -2.25. The van der Waals surface area contributed by atoms with Crippen LogP contribution in [0.15, 0.2) is 46.5 Å². The monoisotopic (exact) mass is 335 g/mol. The number of ether oxygens (including phenoxy) is 1. The number of nitrogens with zero attached hydrogens (tertiary/aromatic N) is 3. The van der Waals surface area contributed by atoms with Gasteiger partial charge in [0, 0.05) is 17.3 Å². The van der Waals surface area contributed by atoms with Crippen LogP contribution in [0.3, 0.4) is 0 Å². The number of halogens is 1. The molecule has 114 valence electrons. The highest BCUT2D eigenvalue weighted by Gasteiger charge is 2.15. The third-order valence-electron chi connectivity index (χ3n) is 3.20. The van der Waals surface area contributed by atoms with Gasteiger partial charge in [-0.05, 0) is 30.0 Å². The second-order valence-corrected chi connectivity index (χ2v) is 6.17. The van der Waals surface area contributed by atoms with E-state index >= 15 is 0 Å². The van der Waals surface area contributed by atoms with Crippen LogP contribution in [-0.4, -0.2) is 26.8 Å². The first kappa shape index (κ1) is 15.0. The highest BCUT2D eigenvalue weighted by molar-refractivity contribution is 7.99. The van der Waals surface area contributed by atoms with Crippen LogP contribution in [0.25, 0.3) is 11.3 Å². The first-order valence-corrected chi connectivity index (χ1v) is 8.09. The lowest BCUT2D eigenvalue weighted by atomic mass is 10.3. The number of rotatable bonds is 4. The molecule has 22 heavy (non-hydrogen) atoms. The summed E-state index contributed by atoms with van der Waals surface area (Å²) in [4.78, 5) is 16.7. The molecule has 1 aromatic carbocycles. The fourth-order valence-corrected chi connectivity index (χ4v) is 3.15. The molecule has 3 rings (SSSR count). The highest BCUT2D eigenvalue weighted by atomic mass is 35.5. The Morgan fingerprint density at radius 3 is 2.91 bits per heavy atom. The van der Waals surface area contributed by atoms with E-state index in [1.807, 2.05) is 29.7 Å². The predicted molar refractivity (Wildman–Crippen MR) is 88.7 cm³/mol. The molecule has 2 aromatic heterocycles. The van der Waals surface area contributed by atoms with Gasteiger partial charge in [-0.25, -0.2) is 9.36 Å². The summed E-state index contributed by atoms with van der Waals surface area (Å²) in [6.07, 6.45) is 1.89. The van der Waals surface area contributed by atoms with Gasteiger partial charge in [-0.2, -0.15) is 4.98 Å². The van der Waals surface area contributed by atoms with Crippen molar-refractivity contribution in [3.63, 3.8) is 0 Å². The van der Waals surface area contributed by atoms with Crippen LogP contribution in [0.1, 0.15) is 6.92 Å². The predicted octanol–water partition coefficient (Wildman–Crippen LogP) is 3.26. The molecule has 0 aliphatic rings. The SMILES string of the molecule is CCSc1nc(=O)n(-c2ccc(Cl)cc2OC)c2cccn12. The maximum atomic E-state index is 12.5. The van der Waals surface area contributed by atoms with Crippen molar-refractivity contribution in [3.05, 3.63) is 52.0 Å². The van der Waals surface area contributed by atoms with Crippen LogP contribution in [0, 0.1) is 0 Å². The lowest BCUT2D eigenvalue weighted by Gasteiger charge is -2.14. The van der Waals surface area contributed by atoms with Gasteiger partial charge in [0.2, 0.25) is 0 Å². The molecule has 0 N–H and O–H groups in total. The molecule has 0 saturated heterocycles. The molecule has 0 saturated carbocycles. The second kappa shape index (κ2) is 6.06. The van der Waals surface area contributed by atoms with Crippen LogP contribution in [0.5, 0.6) is 5.75 Å². The van der Waals surface area contributed by atoms with Crippen molar-refractivity contribution in [1.82, 2.24) is 14.0 Å². The Labute approximate surface area is 136 Å². The Morgan fingerprint density at radius 2 is 2.18 bits per heavy atom. The van der Waals surface area contributed by atoms with E-state index in [4.69, 9.17) is 16.3 Å². The summed E-state index contributed by atoms with van der Waals surface area (Å²) < 4.78 is 8.77. The molecule has 2 heterocycles. The third kappa shape index (κ3) is 2.48. The van der Waals surface area contributed by atoms with Gasteiger partial charge in [0.1, 0.15) is 11.4 Å². The molecule has 0 amide bonds. The van der Waals surface area contributed by atoms with Crippen molar-refractivity contribution in [2.75, 3.05) is 12.9 Å². The molecule has 0 spiro atoms. The van der Waals surface area contributed by atoms with Crippen LogP contribution in [0.4, 0.5) is 0 Å². The van der Waals surface area contributed by atoms with Crippen LogP contribution < -0.4 is 10.4 Å². The molecule has 3 aromatic rings. The van der Waals surface area contributed by atoms with Crippen LogP contribution in [-0.2, 0) is 0 Å². The average Bonchev–Trinajstić information content (AvgIpc) is 2.98. The van der Waals surface area contributed by atoms with E-state index in [1.165, 1.54) is 16.3 Å². The fourth-order valence-electron chi connectivity index (χ4n) is 2.29. The molecule has 0 aliphatic carbocycles. The first-order chi connectivity index (χ1) is 10.7. The van der Waals surface area contributed by atoms with E-state index in [9.17, 15) is 4.79 Å². The van der Waals surface area contributed by atoms with Crippen molar-refractivity contribution in [3.8, 4) is 11.4 Å². The largest absolute Gasteiger partial charge is 0.495 e. The van der Waals surface area contributed by atoms with E-state index in [0.717, 1.165) is 11.4 Å². The number of thioether (sulfide) groups is 1. The van der Waals surface area contributed by atoms with Gasteiger partial charge in [-0.3, -0.25) is 4.40 Å². The number of aromatic nitrogens is 3. The highest BCUT2D eigenvalue weighted by Crippen LogP contribution is 2.27. The Kier molecular flexibility index (Phi) is 4.13. The van der Waals surface area contributed by atoms with Gasteiger partial charge >= 0.3 is 5.69 Å². The summed E-state index contributed by atoms with van der Waals surface area (Å²) in [6, 6.07) is 8.91. The molecule has 0 radical (unpaired) electrons. The van der Waals surface area contributed by atoms with Gasteiger partial charge in [0.05, 0.1) is 12.8 Å². The minimum atomic E-state index is -0.345. The molecule has 0 fully saturated rings. The van der Waals surface area contributed by atoms with Crippen LogP contribution >= 0.6 is 23.4 Å². The van der Waals surface area contributed by atoms with Gasteiger partial charge in [-0.15, -0.1) is 0 Å². The van der Waals surface area contributed by atoms with E-state index in [1.54, 1.807) is 25.3 Å². The minimum Gasteiger partial charge on any atom is -0.495 e. The Morgan fingerprint density at radius 1 is 1.36 bits per heavy atom. The van der Waals surface area contributed by atoms with Gasteiger partial charge < -0.3 is 4.74 Å². The molecule has 0 atom stereocenters. The van der Waals surface area contributed by atoms with Crippen molar-refractivity contribution in [2.24, 2.45) is 0 Å². The normalized spacial score (nSPS) is 11.0. The van der Waals surface area contributed by atoms with Gasteiger partial charge in [-0.1, -0.05) is 30.3 Å². The lowest BCUT2D eigenvalue weighted by molar-refractivity contribution is 0.412. The minimum absolute atomic E-state index is 0.345. The quantitative estimate of drug-likeness (QED) is 0.687. The zero-order valence-corrected chi connectivity index (χ0v) is 13.7. The summed E-state index contributed by atoms with van der Waals surface area (Å²) in [7, 11) is 1.55. The zero-order chi connectivity index (χ0) is 15.7. The zero-order valence-electron chi connectivity index (χ0n) is 12.1. The smallest absolute Gasteiger partial charge is 0.356 e. The Balaban J connectivity index is 2.33. The molecule has 7 heteroatoms. The molecular weight excluding hydrogens is 322 g/mol. The summed E-state index contributed by atoms with van der Waals surface area (Å²) in [5.74, 6) is 1.36. The van der Waals surface area contributed by atoms with E-state index in [2.05, 4.69) is 4.98 Å². The first-order valence-electron chi connectivity index (χ1n) is 6.72. The van der Waals surface area contributed by atoms with Crippen molar-refractivity contribution in [2.45, 2.75) is 12.1 Å². The molecule has 5 nitrogen and oxygen atoms in total. The van der Waals surface area contributed by atoms with Gasteiger partial charge in [0.25, 0.3) is 0 Å². The number of benzene rings is 1. The van der Waals surface area contributed by atoms with Gasteiger partial charge in [0.15, 0.2) is 5.16 Å². The van der Waals surface area contributed by atoms with E-state index in [0.29, 0.717) is 21.6 Å². The standard InChI is InChI=1S/C15H14ClN3O2S/c1-3-22-15-17-14(20)19(13-5-4-8-18(13)15)11-7-6-10(16)9-12(11)21-2/h4-9H,3H2,1-2H3. The van der Waals surface area contributed by atoms with Crippen molar-refractivity contribution in [1.29, 1.82) is 0 Å². The number of hydrogen-bond acceptors (Lipinski definition) is 4. The molecule has 0 unspecified atom stereocenters. The van der Waals surface area contributed by atoms with Crippen molar-refractivity contribution < 1.29 is 4.74 Å². The number of hydrogen-bond donors (Lipinski definition) is 0. The summed E-state index contributed by atoms with van der Waals surface area (Å²) in [5.41, 5.74) is 1.00. The molecule has 0 bridgehead atoms. The number of methoxy groups -OCH3 is 1. The maximum absolute atomic E-state index is 12.5. The Bertz CT molecular complexity index is 888. The van der Waals surface area contributed by atoms with E-state index < -0.39 is 0 Å². The molecule has 0 aliphatic heterocycles. The molecular formula is C15H14ClN3O2S. The average molecular weight is 336 g/mol.